The minimum absolute atomic E-state index is 0.123. The van der Waals surface area contributed by atoms with Crippen molar-refractivity contribution >= 4 is 25.2 Å². The average molecular weight is 669 g/mol. The van der Waals surface area contributed by atoms with E-state index >= 15 is 8.78 Å². The smallest absolute Gasteiger partial charge is 0.333 e. The fourth-order valence-electron chi connectivity index (χ4n) is 5.38. The standard InChI is InChI=1S/C40H42F2O5Si/c1-8-9-20-48(6,7)33-16-14-29(15-17-33)35-19-18-34(36(41)37(35)42)28-12-10-27(11-13-28)30-21-31(23-46-39(44)25(2)3)38(43)32(22-30)24-47-40(45)26(4)5/h10-19,21-22,43H,2,4,8-9,20,23-24H2,1,3,5-7H3. The molecule has 0 amide bonds. The van der Waals surface area contributed by atoms with E-state index in [9.17, 15) is 14.7 Å². The van der Waals surface area contributed by atoms with Gasteiger partial charge in [-0.05, 0) is 48.2 Å². The molecule has 4 rings (SSSR count). The normalized spacial score (nSPS) is 11.2. The lowest BCUT2D eigenvalue weighted by molar-refractivity contribution is -0.140. The molecule has 0 heterocycles. The molecule has 0 spiro atoms. The van der Waals surface area contributed by atoms with Gasteiger partial charge < -0.3 is 14.6 Å². The maximum absolute atomic E-state index is 15.5. The van der Waals surface area contributed by atoms with Crippen molar-refractivity contribution in [1.29, 1.82) is 0 Å². The highest BCUT2D eigenvalue weighted by Crippen LogP contribution is 2.35. The first-order valence-electron chi connectivity index (χ1n) is 15.9. The number of phenols is 1. The lowest BCUT2D eigenvalue weighted by Gasteiger charge is -2.23. The monoisotopic (exact) mass is 668 g/mol. The van der Waals surface area contributed by atoms with E-state index in [0.29, 0.717) is 22.3 Å². The summed E-state index contributed by atoms with van der Waals surface area (Å²) in [6, 6.07) is 22.4. The number of rotatable bonds is 13. The lowest BCUT2D eigenvalue weighted by atomic mass is 9.95. The fourth-order valence-corrected chi connectivity index (χ4v) is 7.98. The van der Waals surface area contributed by atoms with Crippen LogP contribution in [0.25, 0.3) is 33.4 Å². The quantitative estimate of drug-likeness (QED) is 0.0873. The Balaban J connectivity index is 1.62. The number of carbonyl (C=O) groups excluding carboxylic acids is 2. The van der Waals surface area contributed by atoms with Crippen LogP contribution in [-0.4, -0.2) is 25.1 Å². The van der Waals surface area contributed by atoms with Gasteiger partial charge in [0.15, 0.2) is 11.6 Å². The number of esters is 2. The Labute approximate surface area is 282 Å². The maximum Gasteiger partial charge on any atom is 0.333 e. The summed E-state index contributed by atoms with van der Waals surface area (Å²) >= 11 is 0. The summed E-state index contributed by atoms with van der Waals surface area (Å²) in [6.07, 6.45) is 2.33. The first kappa shape index (κ1) is 36.0. The summed E-state index contributed by atoms with van der Waals surface area (Å²) < 4.78 is 41.6. The molecule has 4 aromatic carbocycles. The number of carbonyl (C=O) groups is 2. The van der Waals surface area contributed by atoms with Crippen molar-refractivity contribution in [3.05, 3.63) is 120 Å². The predicted octanol–water partition coefficient (Wildman–Crippen LogP) is 9.63. The highest BCUT2D eigenvalue weighted by Gasteiger charge is 2.23. The number of unbranched alkanes of at least 4 members (excludes halogenated alkanes) is 1. The third-order valence-electron chi connectivity index (χ3n) is 8.43. The number of phenolic OH excluding ortho intramolecular Hbond substituents is 1. The van der Waals surface area contributed by atoms with Crippen LogP contribution in [0.15, 0.2) is 97.1 Å². The molecule has 0 aromatic heterocycles. The molecule has 0 radical (unpaired) electrons. The second kappa shape index (κ2) is 15.4. The van der Waals surface area contributed by atoms with E-state index < -0.39 is 31.6 Å². The van der Waals surface area contributed by atoms with Crippen LogP contribution in [0.2, 0.25) is 19.1 Å². The second-order valence-corrected chi connectivity index (χ2v) is 17.6. The molecule has 0 atom stereocenters. The minimum atomic E-state index is -1.59. The van der Waals surface area contributed by atoms with Crippen LogP contribution in [0.1, 0.15) is 44.7 Å². The molecule has 0 unspecified atom stereocenters. The summed E-state index contributed by atoms with van der Waals surface area (Å²) in [5.41, 5.74) is 3.71. The van der Waals surface area contributed by atoms with Crippen LogP contribution in [0.5, 0.6) is 5.75 Å². The van der Waals surface area contributed by atoms with Gasteiger partial charge in [-0.1, -0.05) is 118 Å². The van der Waals surface area contributed by atoms with Crippen molar-refractivity contribution in [3.8, 4) is 39.1 Å². The third-order valence-corrected chi connectivity index (χ3v) is 11.9. The molecule has 250 valence electrons. The van der Waals surface area contributed by atoms with Gasteiger partial charge in [-0.15, -0.1) is 0 Å². The SMILES string of the molecule is C=C(C)C(=O)OCc1cc(-c2ccc(-c3ccc(-c4ccc([Si](C)(C)CCCC)cc4)c(F)c3F)cc2)cc(COC(=O)C(=C)C)c1O. The Morgan fingerprint density at radius 3 is 1.54 bits per heavy atom. The van der Waals surface area contributed by atoms with E-state index in [1.807, 2.05) is 12.1 Å². The molecule has 0 aliphatic carbocycles. The molecule has 0 saturated carbocycles. The van der Waals surface area contributed by atoms with E-state index in [2.05, 4.69) is 45.3 Å². The topological polar surface area (TPSA) is 72.8 Å². The number of hydrogen-bond acceptors (Lipinski definition) is 5. The number of aromatic hydroxyl groups is 1. The van der Waals surface area contributed by atoms with Gasteiger partial charge in [0, 0.05) is 33.4 Å². The van der Waals surface area contributed by atoms with E-state index in [4.69, 9.17) is 9.47 Å². The van der Waals surface area contributed by atoms with Crippen LogP contribution in [-0.2, 0) is 32.3 Å². The molecule has 0 bridgehead atoms. The van der Waals surface area contributed by atoms with E-state index in [1.165, 1.54) is 31.5 Å². The zero-order valence-corrected chi connectivity index (χ0v) is 29.2. The van der Waals surface area contributed by atoms with E-state index in [1.54, 1.807) is 48.5 Å². The number of halogens is 2. The van der Waals surface area contributed by atoms with Crippen molar-refractivity contribution in [2.24, 2.45) is 0 Å². The Hall–Kier alpha value is -4.82. The summed E-state index contributed by atoms with van der Waals surface area (Å²) in [7, 11) is -1.59. The fraction of sp³-hybridized carbons (Fsp3) is 0.250. The zero-order valence-electron chi connectivity index (χ0n) is 28.2. The van der Waals surface area contributed by atoms with Crippen LogP contribution in [0.3, 0.4) is 0 Å². The van der Waals surface area contributed by atoms with Gasteiger partial charge in [-0.25, -0.2) is 18.4 Å². The number of ether oxygens (including phenoxy) is 2. The maximum atomic E-state index is 15.5. The zero-order chi connectivity index (χ0) is 35.2. The predicted molar refractivity (Wildman–Crippen MR) is 190 cm³/mol. The Morgan fingerprint density at radius 1 is 0.708 bits per heavy atom. The van der Waals surface area contributed by atoms with Crippen molar-refractivity contribution in [2.45, 2.75) is 66.0 Å². The molecular formula is C40H42F2O5Si. The molecule has 0 aliphatic rings. The van der Waals surface area contributed by atoms with Crippen molar-refractivity contribution in [1.82, 2.24) is 0 Å². The van der Waals surface area contributed by atoms with Crippen LogP contribution in [0.4, 0.5) is 8.78 Å². The number of hydrogen-bond donors (Lipinski definition) is 1. The highest BCUT2D eigenvalue weighted by molar-refractivity contribution is 6.89. The van der Waals surface area contributed by atoms with Gasteiger partial charge in [0.05, 0.1) is 8.07 Å². The molecular weight excluding hydrogens is 627 g/mol. The molecule has 5 nitrogen and oxygen atoms in total. The molecule has 0 saturated heterocycles. The highest BCUT2D eigenvalue weighted by atomic mass is 28.3. The third kappa shape index (κ3) is 8.36. The van der Waals surface area contributed by atoms with Gasteiger partial charge in [0.1, 0.15) is 19.0 Å². The van der Waals surface area contributed by atoms with Crippen LogP contribution in [0, 0.1) is 11.6 Å². The summed E-state index contributed by atoms with van der Waals surface area (Å²) in [5, 5.41) is 12.2. The largest absolute Gasteiger partial charge is 0.507 e. The first-order chi connectivity index (χ1) is 22.7. The van der Waals surface area contributed by atoms with Gasteiger partial charge in [-0.2, -0.15) is 0 Å². The summed E-state index contributed by atoms with van der Waals surface area (Å²) in [4.78, 5) is 24.1. The lowest BCUT2D eigenvalue weighted by Crippen LogP contribution is -2.40. The Kier molecular flexibility index (Phi) is 11.5. The molecule has 0 aliphatic heterocycles. The second-order valence-electron chi connectivity index (χ2n) is 12.8. The van der Waals surface area contributed by atoms with Crippen molar-refractivity contribution in [3.63, 3.8) is 0 Å². The summed E-state index contributed by atoms with van der Waals surface area (Å²) in [6.45, 7) is 16.5. The number of benzene rings is 4. The van der Waals surface area contributed by atoms with E-state index in [0.717, 1.165) is 6.42 Å². The van der Waals surface area contributed by atoms with Gasteiger partial charge >= 0.3 is 11.9 Å². The Morgan fingerprint density at radius 2 is 1.12 bits per heavy atom. The van der Waals surface area contributed by atoms with Crippen LogP contribution < -0.4 is 5.19 Å². The van der Waals surface area contributed by atoms with E-state index in [-0.39, 0.29) is 52.4 Å². The first-order valence-corrected chi connectivity index (χ1v) is 19.1. The summed E-state index contributed by atoms with van der Waals surface area (Å²) in [5.74, 6) is -3.27. The van der Waals surface area contributed by atoms with Crippen molar-refractivity contribution < 1.29 is 33.0 Å². The van der Waals surface area contributed by atoms with Gasteiger partial charge in [0.2, 0.25) is 0 Å². The molecule has 0 fully saturated rings. The molecule has 8 heteroatoms. The molecule has 1 N–H and O–H groups in total. The van der Waals surface area contributed by atoms with Gasteiger partial charge in [0.25, 0.3) is 0 Å². The van der Waals surface area contributed by atoms with Crippen LogP contribution >= 0.6 is 0 Å². The molecule has 48 heavy (non-hydrogen) atoms. The Bertz CT molecular complexity index is 1790. The molecule has 4 aromatic rings. The van der Waals surface area contributed by atoms with Gasteiger partial charge in [-0.3, -0.25) is 0 Å². The van der Waals surface area contributed by atoms with Crippen molar-refractivity contribution in [2.75, 3.05) is 0 Å². The minimum Gasteiger partial charge on any atom is -0.507 e. The average Bonchev–Trinajstić information content (AvgIpc) is 3.07.